The highest BCUT2D eigenvalue weighted by atomic mass is 15.3. The molecule has 1 aliphatic heterocycles. The normalized spacial score (nSPS) is 14.5. The summed E-state index contributed by atoms with van der Waals surface area (Å²) in [4.78, 5) is 9.46. The third-order valence-corrected chi connectivity index (χ3v) is 4.89. The van der Waals surface area contributed by atoms with E-state index >= 15 is 0 Å². The molecule has 1 fully saturated rings. The zero-order valence-electron chi connectivity index (χ0n) is 19.0. The maximum absolute atomic E-state index is 4.73. The molecule has 28 heavy (non-hydrogen) atoms. The van der Waals surface area contributed by atoms with Gasteiger partial charge in [-0.2, -0.15) is 0 Å². The molecule has 1 aromatic carbocycles. The Morgan fingerprint density at radius 2 is 1.68 bits per heavy atom. The fourth-order valence-electron chi connectivity index (χ4n) is 2.93. The van der Waals surface area contributed by atoms with Crippen LogP contribution in [0.15, 0.2) is 48.5 Å². The molecule has 3 rings (SSSR count). The van der Waals surface area contributed by atoms with Crippen LogP contribution in [0.2, 0.25) is 0 Å². The number of rotatable bonds is 3. The first-order chi connectivity index (χ1) is 13.5. The van der Waals surface area contributed by atoms with Crippen molar-refractivity contribution in [3.63, 3.8) is 0 Å². The molecular weight excluding hydrogens is 342 g/mol. The highest BCUT2D eigenvalue weighted by Crippen LogP contribution is 2.17. The third kappa shape index (κ3) is 7.85. The number of allylic oxidation sites excluding steroid dienone is 2. The minimum Gasteiger partial charge on any atom is -0.354 e. The number of anilines is 1. The summed E-state index contributed by atoms with van der Waals surface area (Å²) in [6, 6.07) is 14.9. The second-order valence-corrected chi connectivity index (χ2v) is 6.99. The molecule has 0 unspecified atom stereocenters. The molecule has 0 bridgehead atoms. The molecule has 0 radical (unpaired) electrons. The van der Waals surface area contributed by atoms with Gasteiger partial charge in [0.2, 0.25) is 0 Å². The van der Waals surface area contributed by atoms with Crippen molar-refractivity contribution in [1.82, 2.24) is 9.88 Å². The number of hydrogen-bond acceptors (Lipinski definition) is 3. The first kappa shape index (κ1) is 23.9. The first-order valence-corrected chi connectivity index (χ1v) is 10.6. The fraction of sp³-hybridized carbons (Fsp3) is 0.480. The summed E-state index contributed by atoms with van der Waals surface area (Å²) >= 11 is 0. The lowest BCUT2D eigenvalue weighted by molar-refractivity contribution is 0.312. The van der Waals surface area contributed by atoms with Gasteiger partial charge >= 0.3 is 0 Å². The zero-order valence-corrected chi connectivity index (χ0v) is 19.0. The summed E-state index contributed by atoms with van der Waals surface area (Å²) in [5.41, 5.74) is 5.11. The Morgan fingerprint density at radius 1 is 1.04 bits per heavy atom. The van der Waals surface area contributed by atoms with E-state index in [1.165, 1.54) is 16.7 Å². The van der Waals surface area contributed by atoms with Gasteiger partial charge in [0.05, 0.1) is 5.69 Å². The largest absolute Gasteiger partial charge is 0.354 e. The van der Waals surface area contributed by atoms with Gasteiger partial charge in [-0.3, -0.25) is 0 Å². The van der Waals surface area contributed by atoms with Gasteiger partial charge in [0.1, 0.15) is 5.82 Å². The molecule has 0 amide bonds. The van der Waals surface area contributed by atoms with Crippen LogP contribution in [0.1, 0.15) is 51.4 Å². The lowest BCUT2D eigenvalue weighted by Gasteiger charge is -2.33. The number of pyridine rings is 1. The fourth-order valence-corrected chi connectivity index (χ4v) is 2.93. The summed E-state index contributed by atoms with van der Waals surface area (Å²) in [7, 11) is 2.17. The van der Waals surface area contributed by atoms with Crippen molar-refractivity contribution < 1.29 is 0 Å². The summed E-state index contributed by atoms with van der Waals surface area (Å²) in [6.07, 6.45) is 3.25. The maximum atomic E-state index is 4.73. The van der Waals surface area contributed by atoms with Crippen LogP contribution in [0.5, 0.6) is 0 Å². The van der Waals surface area contributed by atoms with Crippen LogP contribution in [0.4, 0.5) is 5.82 Å². The predicted octanol–water partition coefficient (Wildman–Crippen LogP) is 5.84. The molecule has 3 nitrogen and oxygen atoms in total. The Morgan fingerprint density at radius 3 is 2.21 bits per heavy atom. The third-order valence-electron chi connectivity index (χ3n) is 4.89. The molecule has 0 spiro atoms. The van der Waals surface area contributed by atoms with Crippen LogP contribution in [0.25, 0.3) is 5.57 Å². The van der Waals surface area contributed by atoms with Crippen molar-refractivity contribution in [3.05, 3.63) is 65.4 Å². The van der Waals surface area contributed by atoms with Gasteiger partial charge < -0.3 is 9.80 Å². The van der Waals surface area contributed by atoms with E-state index in [9.17, 15) is 0 Å². The van der Waals surface area contributed by atoms with Gasteiger partial charge in [-0.25, -0.2) is 4.98 Å². The summed E-state index contributed by atoms with van der Waals surface area (Å²) < 4.78 is 0. The van der Waals surface area contributed by atoms with Gasteiger partial charge in [-0.05, 0) is 57.5 Å². The predicted molar refractivity (Wildman–Crippen MR) is 125 cm³/mol. The van der Waals surface area contributed by atoms with Crippen molar-refractivity contribution >= 4 is 11.4 Å². The molecular formula is C25H39N3. The molecule has 1 aliphatic rings. The molecule has 3 heteroatoms. The van der Waals surface area contributed by atoms with E-state index in [-0.39, 0.29) is 0 Å². The van der Waals surface area contributed by atoms with Crippen LogP contribution in [0.3, 0.4) is 0 Å². The van der Waals surface area contributed by atoms with Gasteiger partial charge in [-0.15, -0.1) is 0 Å². The average molecular weight is 382 g/mol. The highest BCUT2D eigenvalue weighted by molar-refractivity contribution is 5.61. The smallest absolute Gasteiger partial charge is 0.129 e. The molecule has 1 saturated heterocycles. The summed E-state index contributed by atoms with van der Waals surface area (Å²) in [5.74, 6) is 1.11. The summed E-state index contributed by atoms with van der Waals surface area (Å²) in [6.45, 7) is 16.8. The van der Waals surface area contributed by atoms with Crippen molar-refractivity contribution in [2.45, 2.75) is 48.0 Å². The van der Waals surface area contributed by atoms with Gasteiger partial charge in [0, 0.05) is 26.2 Å². The van der Waals surface area contributed by atoms with E-state index in [2.05, 4.69) is 93.1 Å². The Balaban J connectivity index is 0.000000301. The van der Waals surface area contributed by atoms with Crippen LogP contribution in [0, 0.1) is 6.92 Å². The van der Waals surface area contributed by atoms with E-state index in [1.807, 2.05) is 13.8 Å². The second-order valence-electron chi connectivity index (χ2n) is 6.99. The van der Waals surface area contributed by atoms with Crippen LogP contribution in [-0.2, 0) is 6.42 Å². The molecule has 2 aromatic rings. The molecule has 0 aliphatic carbocycles. The van der Waals surface area contributed by atoms with Gasteiger partial charge in [0.25, 0.3) is 0 Å². The number of aryl methyl sites for hydroxylation is 2. The van der Waals surface area contributed by atoms with Crippen molar-refractivity contribution in [2.24, 2.45) is 0 Å². The average Bonchev–Trinajstić information content (AvgIpc) is 2.75. The van der Waals surface area contributed by atoms with Gasteiger partial charge in [0.15, 0.2) is 0 Å². The lowest BCUT2D eigenvalue weighted by atomic mass is 10.1. The number of hydrogen-bond donors (Lipinski definition) is 0. The lowest BCUT2D eigenvalue weighted by Crippen LogP contribution is -2.44. The van der Waals surface area contributed by atoms with E-state index in [0.717, 1.165) is 44.1 Å². The standard InChI is InChI=1S/C14H21N3.C9H12.C2H6/c1-4-12(2)13-6-5-7-14(15-13)17-10-8-16(3)9-11-17;1-3-9-6-4-5-8(2)7-9;1-2/h4-7H,8-11H2,1-3H3;4-7H,3H2,1-2H3;1-2H3. The van der Waals surface area contributed by atoms with E-state index in [1.54, 1.807) is 0 Å². The van der Waals surface area contributed by atoms with E-state index in [0.29, 0.717) is 0 Å². The quantitative estimate of drug-likeness (QED) is 0.666. The monoisotopic (exact) mass is 381 g/mol. The van der Waals surface area contributed by atoms with Crippen molar-refractivity contribution in [3.8, 4) is 0 Å². The van der Waals surface area contributed by atoms with Crippen molar-refractivity contribution in [2.75, 3.05) is 38.1 Å². The maximum Gasteiger partial charge on any atom is 0.129 e. The van der Waals surface area contributed by atoms with Crippen LogP contribution < -0.4 is 4.90 Å². The molecule has 0 atom stereocenters. The zero-order chi connectivity index (χ0) is 20.9. The Bertz CT molecular complexity index is 713. The Hall–Kier alpha value is -2.13. The SMILES string of the molecule is CC.CC=C(C)c1cccc(N2CCN(C)CC2)n1.CCc1cccc(C)c1. The molecule has 0 N–H and O–H groups in total. The van der Waals surface area contributed by atoms with Crippen LogP contribution in [-0.4, -0.2) is 43.1 Å². The topological polar surface area (TPSA) is 19.4 Å². The molecule has 1 aromatic heterocycles. The van der Waals surface area contributed by atoms with Crippen molar-refractivity contribution in [1.29, 1.82) is 0 Å². The first-order valence-electron chi connectivity index (χ1n) is 10.6. The number of piperazine rings is 1. The Labute approximate surface area is 173 Å². The molecule has 2 heterocycles. The molecule has 0 saturated carbocycles. The van der Waals surface area contributed by atoms with Crippen LogP contribution >= 0.6 is 0 Å². The number of benzene rings is 1. The van der Waals surface area contributed by atoms with E-state index < -0.39 is 0 Å². The highest BCUT2D eigenvalue weighted by Gasteiger charge is 2.15. The number of aromatic nitrogens is 1. The number of nitrogens with zero attached hydrogens (tertiary/aromatic N) is 3. The minimum absolute atomic E-state index is 1.07. The summed E-state index contributed by atoms with van der Waals surface area (Å²) in [5, 5.41) is 0. The van der Waals surface area contributed by atoms with E-state index in [4.69, 9.17) is 4.98 Å². The molecule has 154 valence electrons. The second kappa shape index (κ2) is 13.1. The minimum atomic E-state index is 1.07. The number of likely N-dealkylation sites (N-methyl/N-ethyl adjacent to an activating group) is 1. The van der Waals surface area contributed by atoms with Gasteiger partial charge in [-0.1, -0.05) is 62.7 Å². The Kier molecular flexibility index (Phi) is 11.2.